The Morgan fingerprint density at radius 2 is 1.97 bits per heavy atom. The second-order valence-electron chi connectivity index (χ2n) is 7.49. The normalized spacial score (nSPS) is 13.6. The molecule has 1 amide bonds. The minimum absolute atomic E-state index is 0.0829. The molecule has 1 N–H and O–H groups in total. The van der Waals surface area contributed by atoms with E-state index >= 15 is 0 Å². The van der Waals surface area contributed by atoms with Crippen molar-refractivity contribution in [3.63, 3.8) is 0 Å². The Bertz CT molecular complexity index is 991. The van der Waals surface area contributed by atoms with E-state index in [9.17, 15) is 4.79 Å². The Kier molecular flexibility index (Phi) is 6.38. The van der Waals surface area contributed by atoms with Crippen molar-refractivity contribution in [1.82, 2.24) is 15.5 Å². The molecule has 0 radical (unpaired) electrons. The summed E-state index contributed by atoms with van der Waals surface area (Å²) in [5.41, 5.74) is 3.65. The number of pyridine rings is 1. The van der Waals surface area contributed by atoms with E-state index in [-0.39, 0.29) is 5.91 Å². The zero-order valence-electron chi connectivity index (χ0n) is 17.4. The molecular weight excluding hydrogens is 396 g/mol. The Labute approximate surface area is 181 Å². The molecule has 0 unspecified atom stereocenters. The van der Waals surface area contributed by atoms with Crippen molar-refractivity contribution in [2.24, 2.45) is 0 Å². The molecule has 0 saturated carbocycles. The van der Waals surface area contributed by atoms with Gasteiger partial charge in [0.15, 0.2) is 0 Å². The topological polar surface area (TPSA) is 71.3 Å². The molecule has 3 heterocycles. The Morgan fingerprint density at radius 1 is 1.17 bits per heavy atom. The molecule has 0 aliphatic carbocycles. The van der Waals surface area contributed by atoms with Gasteiger partial charge < -0.3 is 14.7 Å². The summed E-state index contributed by atoms with van der Waals surface area (Å²) < 4.78 is 5.24. The van der Waals surface area contributed by atoms with Crippen LogP contribution in [0.3, 0.4) is 0 Å². The van der Waals surface area contributed by atoms with Gasteiger partial charge in [-0.3, -0.25) is 4.79 Å². The molecule has 1 aliphatic rings. The summed E-state index contributed by atoms with van der Waals surface area (Å²) in [6, 6.07) is 11.8. The fourth-order valence-corrected chi connectivity index (χ4v) is 4.77. The number of thioether (sulfide) groups is 1. The van der Waals surface area contributed by atoms with Gasteiger partial charge >= 0.3 is 0 Å². The number of anilines is 1. The molecular formula is C23H26N4O2S. The number of carbonyl (C=O) groups excluding carboxylic acids is 1. The maximum absolute atomic E-state index is 12.8. The number of hydrogen-bond acceptors (Lipinski definition) is 6. The second kappa shape index (κ2) is 9.34. The van der Waals surface area contributed by atoms with E-state index in [1.54, 1.807) is 11.8 Å². The van der Waals surface area contributed by atoms with E-state index in [4.69, 9.17) is 4.52 Å². The molecule has 7 heteroatoms. The van der Waals surface area contributed by atoms with Crippen LogP contribution in [0.4, 0.5) is 5.82 Å². The third-order valence-electron chi connectivity index (χ3n) is 5.38. The molecule has 30 heavy (non-hydrogen) atoms. The van der Waals surface area contributed by atoms with E-state index in [1.165, 1.54) is 12.8 Å². The first kappa shape index (κ1) is 20.5. The van der Waals surface area contributed by atoms with Gasteiger partial charge in [0.1, 0.15) is 11.6 Å². The fraction of sp³-hybridized carbons (Fsp3) is 0.348. The zero-order valence-corrected chi connectivity index (χ0v) is 18.2. The van der Waals surface area contributed by atoms with Crippen molar-refractivity contribution >= 4 is 23.5 Å². The number of hydrogen-bond donors (Lipinski definition) is 1. The number of carbonyl (C=O) groups is 1. The molecule has 0 atom stereocenters. The van der Waals surface area contributed by atoms with Crippen molar-refractivity contribution in [2.75, 3.05) is 18.0 Å². The number of nitrogens with zero attached hydrogens (tertiary/aromatic N) is 3. The van der Waals surface area contributed by atoms with E-state index in [2.05, 4.69) is 20.4 Å². The van der Waals surface area contributed by atoms with Crippen molar-refractivity contribution in [3.8, 4) is 0 Å². The van der Waals surface area contributed by atoms with Gasteiger partial charge in [-0.2, -0.15) is 0 Å². The van der Waals surface area contributed by atoms with Gasteiger partial charge in [0.05, 0.1) is 11.3 Å². The minimum Gasteiger partial charge on any atom is -0.361 e. The summed E-state index contributed by atoms with van der Waals surface area (Å²) in [5, 5.41) is 7.03. The van der Waals surface area contributed by atoms with Crippen LogP contribution in [0.1, 0.15) is 45.8 Å². The van der Waals surface area contributed by atoms with Gasteiger partial charge in [-0.15, -0.1) is 11.8 Å². The molecule has 156 valence electrons. The molecule has 1 fully saturated rings. The van der Waals surface area contributed by atoms with Crippen LogP contribution in [-0.2, 0) is 12.3 Å². The predicted molar refractivity (Wildman–Crippen MR) is 119 cm³/mol. The number of nitrogens with one attached hydrogen (secondary N) is 1. The molecule has 2 aromatic heterocycles. The molecule has 0 spiro atoms. The summed E-state index contributed by atoms with van der Waals surface area (Å²) in [6.07, 6.45) is 4.31. The predicted octanol–water partition coefficient (Wildman–Crippen LogP) is 4.51. The number of amides is 1. The van der Waals surface area contributed by atoms with Crippen molar-refractivity contribution in [1.29, 1.82) is 0 Å². The maximum Gasteiger partial charge on any atom is 0.252 e. The second-order valence-corrected chi connectivity index (χ2v) is 8.51. The number of benzene rings is 1. The van der Waals surface area contributed by atoms with Crippen molar-refractivity contribution < 1.29 is 9.32 Å². The molecule has 6 nitrogen and oxygen atoms in total. The SMILES string of the molecule is Cc1noc(C)c1CSc1ccccc1C(=O)NCc1ccc(N2CCCC2)nc1. The molecule has 1 aromatic carbocycles. The van der Waals surface area contributed by atoms with Gasteiger partial charge in [0, 0.05) is 42.0 Å². The van der Waals surface area contributed by atoms with Crippen molar-refractivity contribution in [2.45, 2.75) is 43.9 Å². The lowest BCUT2D eigenvalue weighted by atomic mass is 10.2. The van der Waals surface area contributed by atoms with Crippen LogP contribution in [0.5, 0.6) is 0 Å². The quantitative estimate of drug-likeness (QED) is 0.565. The Morgan fingerprint density at radius 3 is 2.67 bits per heavy atom. The standard InChI is InChI=1S/C23H26N4O2S/c1-16-20(17(2)29-26-16)15-30-21-8-4-3-7-19(21)23(28)25-14-18-9-10-22(24-13-18)27-11-5-6-12-27/h3-4,7-10,13H,5-6,11-12,14-15H2,1-2H3,(H,25,28). The van der Waals surface area contributed by atoms with Crippen LogP contribution < -0.4 is 10.2 Å². The van der Waals surface area contributed by atoms with Gasteiger partial charge in [0.25, 0.3) is 5.91 Å². The summed E-state index contributed by atoms with van der Waals surface area (Å²) in [6.45, 7) is 6.46. The lowest BCUT2D eigenvalue weighted by molar-refractivity contribution is 0.0948. The molecule has 0 bridgehead atoms. The van der Waals surface area contributed by atoms with E-state index in [1.807, 2.05) is 56.4 Å². The monoisotopic (exact) mass is 422 g/mol. The lowest BCUT2D eigenvalue weighted by Gasteiger charge is -2.16. The first-order chi connectivity index (χ1) is 14.6. The van der Waals surface area contributed by atoms with Crippen LogP contribution in [0.2, 0.25) is 0 Å². The van der Waals surface area contributed by atoms with Gasteiger partial charge in [-0.25, -0.2) is 4.98 Å². The van der Waals surface area contributed by atoms with E-state index in [0.717, 1.165) is 46.4 Å². The van der Waals surface area contributed by atoms with Crippen LogP contribution >= 0.6 is 11.8 Å². The molecule has 1 aliphatic heterocycles. The van der Waals surface area contributed by atoms with E-state index < -0.39 is 0 Å². The molecule has 3 aromatic rings. The van der Waals surface area contributed by atoms with Crippen LogP contribution in [-0.4, -0.2) is 29.1 Å². The Balaban J connectivity index is 1.37. The highest BCUT2D eigenvalue weighted by molar-refractivity contribution is 7.98. The van der Waals surface area contributed by atoms with Crippen molar-refractivity contribution in [3.05, 3.63) is 70.7 Å². The lowest BCUT2D eigenvalue weighted by Crippen LogP contribution is -2.24. The highest BCUT2D eigenvalue weighted by Gasteiger charge is 2.15. The summed E-state index contributed by atoms with van der Waals surface area (Å²) in [5.74, 6) is 2.48. The Hall–Kier alpha value is -2.80. The smallest absolute Gasteiger partial charge is 0.252 e. The molecule has 1 saturated heterocycles. The average Bonchev–Trinajstić information content (AvgIpc) is 3.42. The highest BCUT2D eigenvalue weighted by Crippen LogP contribution is 2.29. The third kappa shape index (κ3) is 4.67. The van der Waals surface area contributed by atoms with Gasteiger partial charge in [-0.1, -0.05) is 23.4 Å². The average molecular weight is 423 g/mol. The number of aromatic nitrogens is 2. The first-order valence-electron chi connectivity index (χ1n) is 10.2. The summed E-state index contributed by atoms with van der Waals surface area (Å²) >= 11 is 1.62. The molecule has 4 rings (SSSR count). The maximum atomic E-state index is 12.8. The van der Waals surface area contributed by atoms with Crippen LogP contribution in [0, 0.1) is 13.8 Å². The van der Waals surface area contributed by atoms with Gasteiger partial charge in [0.2, 0.25) is 0 Å². The fourth-order valence-electron chi connectivity index (χ4n) is 3.57. The highest BCUT2D eigenvalue weighted by atomic mass is 32.2. The van der Waals surface area contributed by atoms with Gasteiger partial charge in [-0.05, 0) is 50.5 Å². The summed E-state index contributed by atoms with van der Waals surface area (Å²) in [4.78, 5) is 20.6. The van der Waals surface area contributed by atoms with E-state index in [0.29, 0.717) is 17.9 Å². The first-order valence-corrected chi connectivity index (χ1v) is 11.2. The number of rotatable bonds is 7. The third-order valence-corrected chi connectivity index (χ3v) is 6.48. The largest absolute Gasteiger partial charge is 0.361 e. The number of aryl methyl sites for hydroxylation is 2. The zero-order chi connectivity index (χ0) is 20.9. The van der Waals surface area contributed by atoms with Crippen LogP contribution in [0.25, 0.3) is 0 Å². The minimum atomic E-state index is -0.0829. The summed E-state index contributed by atoms with van der Waals surface area (Å²) in [7, 11) is 0. The van der Waals surface area contributed by atoms with Crippen LogP contribution in [0.15, 0.2) is 52.0 Å².